The normalized spacial score (nSPS) is 11.7. The van der Waals surface area contributed by atoms with E-state index in [-0.39, 0.29) is 6.54 Å². The number of carbonyl (C=O) groups is 1. The van der Waals surface area contributed by atoms with Crippen molar-refractivity contribution in [3.63, 3.8) is 0 Å². The Morgan fingerprint density at radius 3 is 2.20 bits per heavy atom. The largest absolute Gasteiger partial charge is 0.497 e. The predicted octanol–water partition coefficient (Wildman–Crippen LogP) is 0.372. The first kappa shape index (κ1) is 16.4. The number of hydrogen-bond donors (Lipinski definition) is 1. The van der Waals surface area contributed by atoms with Crippen molar-refractivity contribution in [2.75, 3.05) is 40.1 Å². The van der Waals surface area contributed by atoms with Crippen LogP contribution >= 0.6 is 0 Å². The molecule has 0 aliphatic carbocycles. The van der Waals surface area contributed by atoms with E-state index >= 15 is 0 Å². The van der Waals surface area contributed by atoms with Gasteiger partial charge in [0.25, 0.3) is 10.2 Å². The van der Waals surface area contributed by atoms with E-state index in [2.05, 4.69) is 5.32 Å². The molecule has 0 aliphatic rings. The number of amides is 1. The minimum Gasteiger partial charge on any atom is -0.497 e. The summed E-state index contributed by atoms with van der Waals surface area (Å²) in [5, 5.41) is 2.62. The zero-order valence-electron chi connectivity index (χ0n) is 12.0. The Balaban J connectivity index is 2.63. The second kappa shape index (κ2) is 6.69. The molecule has 0 fully saturated rings. The number of ether oxygens (including phenoxy) is 1. The van der Waals surface area contributed by atoms with Crippen LogP contribution in [0.2, 0.25) is 0 Å². The van der Waals surface area contributed by atoms with E-state index in [0.717, 1.165) is 8.61 Å². The first-order valence-corrected chi connectivity index (χ1v) is 7.24. The Labute approximate surface area is 119 Å². The highest BCUT2D eigenvalue weighted by molar-refractivity contribution is 7.86. The number of hydrogen-bond acceptors (Lipinski definition) is 4. The van der Waals surface area contributed by atoms with Crippen LogP contribution in [-0.4, -0.2) is 57.7 Å². The van der Waals surface area contributed by atoms with Gasteiger partial charge in [0.2, 0.25) is 5.91 Å². The summed E-state index contributed by atoms with van der Waals surface area (Å²) < 4.78 is 30.5. The number of benzene rings is 1. The SMILES string of the molecule is COc1ccc(NC(=O)CN(C)S(=O)(=O)N(C)C)cc1. The molecule has 20 heavy (non-hydrogen) atoms. The van der Waals surface area contributed by atoms with Gasteiger partial charge in [-0.15, -0.1) is 0 Å². The third-order valence-corrected chi connectivity index (χ3v) is 4.44. The Hall–Kier alpha value is -1.64. The zero-order chi connectivity index (χ0) is 15.3. The minimum atomic E-state index is -3.59. The van der Waals surface area contributed by atoms with Gasteiger partial charge < -0.3 is 10.1 Å². The Morgan fingerprint density at radius 1 is 1.20 bits per heavy atom. The van der Waals surface area contributed by atoms with Crippen LogP contribution < -0.4 is 10.1 Å². The Bertz CT molecular complexity index is 555. The molecule has 1 aromatic rings. The van der Waals surface area contributed by atoms with Gasteiger partial charge >= 0.3 is 0 Å². The van der Waals surface area contributed by atoms with Crippen LogP contribution in [0.15, 0.2) is 24.3 Å². The summed E-state index contributed by atoms with van der Waals surface area (Å²) in [5.74, 6) is 0.262. The minimum absolute atomic E-state index is 0.257. The molecule has 0 bridgehead atoms. The standard InChI is InChI=1S/C12H19N3O4S/c1-14(2)20(17,18)15(3)9-12(16)13-10-5-7-11(19-4)8-6-10/h5-8H,9H2,1-4H3,(H,13,16). The first-order chi connectivity index (χ1) is 9.27. The van der Waals surface area contributed by atoms with Crippen molar-refractivity contribution in [2.24, 2.45) is 0 Å². The van der Waals surface area contributed by atoms with Crippen molar-refractivity contribution >= 4 is 21.8 Å². The van der Waals surface area contributed by atoms with Gasteiger partial charge in [0.05, 0.1) is 13.7 Å². The summed E-state index contributed by atoms with van der Waals surface area (Å²) in [6.45, 7) is -0.257. The third-order valence-electron chi connectivity index (χ3n) is 2.60. The molecular formula is C12H19N3O4S. The van der Waals surface area contributed by atoms with E-state index in [9.17, 15) is 13.2 Å². The van der Waals surface area contributed by atoms with Gasteiger partial charge in [0.1, 0.15) is 5.75 Å². The number of rotatable bonds is 6. The van der Waals surface area contributed by atoms with Gasteiger partial charge in [-0.05, 0) is 24.3 Å². The van der Waals surface area contributed by atoms with Crippen molar-refractivity contribution in [1.29, 1.82) is 0 Å². The average molecular weight is 301 g/mol. The zero-order valence-corrected chi connectivity index (χ0v) is 12.8. The smallest absolute Gasteiger partial charge is 0.281 e. The summed E-state index contributed by atoms with van der Waals surface area (Å²) in [5.41, 5.74) is 0.575. The molecule has 0 aromatic heterocycles. The van der Waals surface area contributed by atoms with E-state index in [1.807, 2.05) is 0 Å². The van der Waals surface area contributed by atoms with Crippen LogP contribution in [-0.2, 0) is 15.0 Å². The summed E-state index contributed by atoms with van der Waals surface area (Å²) in [6.07, 6.45) is 0. The molecular weight excluding hydrogens is 282 g/mol. The van der Waals surface area contributed by atoms with Crippen molar-refractivity contribution < 1.29 is 17.9 Å². The number of anilines is 1. The van der Waals surface area contributed by atoms with Gasteiger partial charge in [0, 0.05) is 26.8 Å². The maximum absolute atomic E-state index is 11.8. The summed E-state index contributed by atoms with van der Waals surface area (Å²) in [6, 6.07) is 6.76. The molecule has 0 unspecified atom stereocenters. The molecule has 0 spiro atoms. The van der Waals surface area contributed by atoms with E-state index in [0.29, 0.717) is 11.4 Å². The molecule has 1 amide bonds. The summed E-state index contributed by atoms with van der Waals surface area (Å²) in [4.78, 5) is 11.8. The molecule has 7 nitrogen and oxygen atoms in total. The fraction of sp³-hybridized carbons (Fsp3) is 0.417. The van der Waals surface area contributed by atoms with Crippen molar-refractivity contribution in [3.05, 3.63) is 24.3 Å². The molecule has 1 N–H and O–H groups in total. The van der Waals surface area contributed by atoms with Gasteiger partial charge in [-0.3, -0.25) is 4.79 Å². The molecule has 0 atom stereocenters. The Kier molecular flexibility index (Phi) is 5.49. The maximum atomic E-state index is 11.8. The van der Waals surface area contributed by atoms with Crippen LogP contribution in [0.25, 0.3) is 0 Å². The van der Waals surface area contributed by atoms with Crippen LogP contribution in [0.1, 0.15) is 0 Å². The molecule has 0 heterocycles. The lowest BCUT2D eigenvalue weighted by atomic mass is 10.3. The lowest BCUT2D eigenvalue weighted by Crippen LogP contribution is -2.41. The fourth-order valence-electron chi connectivity index (χ4n) is 1.44. The number of carbonyl (C=O) groups excluding carboxylic acids is 1. The Morgan fingerprint density at radius 2 is 1.75 bits per heavy atom. The highest BCUT2D eigenvalue weighted by atomic mass is 32.2. The van der Waals surface area contributed by atoms with Crippen LogP contribution in [0, 0.1) is 0 Å². The van der Waals surface area contributed by atoms with Crippen molar-refractivity contribution in [1.82, 2.24) is 8.61 Å². The van der Waals surface area contributed by atoms with Crippen LogP contribution in [0.4, 0.5) is 5.69 Å². The third kappa shape index (κ3) is 4.19. The van der Waals surface area contributed by atoms with E-state index in [1.165, 1.54) is 21.1 Å². The molecule has 0 saturated heterocycles. The molecule has 0 saturated carbocycles. The monoisotopic (exact) mass is 301 g/mol. The summed E-state index contributed by atoms with van der Waals surface area (Å²) >= 11 is 0. The lowest BCUT2D eigenvalue weighted by molar-refractivity contribution is -0.116. The topological polar surface area (TPSA) is 79.0 Å². The number of likely N-dealkylation sites (N-methyl/N-ethyl adjacent to an activating group) is 1. The van der Waals surface area contributed by atoms with Crippen molar-refractivity contribution in [2.45, 2.75) is 0 Å². The van der Waals surface area contributed by atoms with Gasteiger partial charge in [-0.2, -0.15) is 17.0 Å². The molecule has 0 radical (unpaired) electrons. The van der Waals surface area contributed by atoms with Gasteiger partial charge in [-0.1, -0.05) is 0 Å². The van der Waals surface area contributed by atoms with E-state index < -0.39 is 16.1 Å². The highest BCUT2D eigenvalue weighted by Crippen LogP contribution is 2.15. The second-order valence-electron chi connectivity index (χ2n) is 4.32. The maximum Gasteiger partial charge on any atom is 0.281 e. The first-order valence-electron chi connectivity index (χ1n) is 5.85. The summed E-state index contributed by atoms with van der Waals surface area (Å²) in [7, 11) is 2.13. The van der Waals surface area contributed by atoms with Crippen LogP contribution in [0.3, 0.4) is 0 Å². The molecule has 1 aromatic carbocycles. The average Bonchev–Trinajstić information content (AvgIpc) is 2.39. The van der Waals surface area contributed by atoms with E-state index in [4.69, 9.17) is 4.74 Å². The number of nitrogens with zero attached hydrogens (tertiary/aromatic N) is 2. The molecule has 112 valence electrons. The van der Waals surface area contributed by atoms with Crippen LogP contribution in [0.5, 0.6) is 5.75 Å². The van der Waals surface area contributed by atoms with Gasteiger partial charge in [0.15, 0.2) is 0 Å². The quantitative estimate of drug-likeness (QED) is 0.823. The van der Waals surface area contributed by atoms with Gasteiger partial charge in [-0.25, -0.2) is 0 Å². The van der Waals surface area contributed by atoms with E-state index in [1.54, 1.807) is 31.4 Å². The fourth-order valence-corrected chi connectivity index (χ4v) is 2.28. The molecule has 0 aliphatic heterocycles. The number of methoxy groups -OCH3 is 1. The highest BCUT2D eigenvalue weighted by Gasteiger charge is 2.22. The van der Waals surface area contributed by atoms with Crippen molar-refractivity contribution in [3.8, 4) is 5.75 Å². The molecule has 1 rings (SSSR count). The lowest BCUT2D eigenvalue weighted by Gasteiger charge is -2.20. The number of nitrogens with one attached hydrogen (secondary N) is 1. The predicted molar refractivity (Wildman–Crippen MR) is 76.9 cm³/mol. The second-order valence-corrected chi connectivity index (χ2v) is 6.57. The molecule has 8 heteroatoms.